The van der Waals surface area contributed by atoms with Crippen molar-refractivity contribution in [3.05, 3.63) is 35.9 Å². The van der Waals surface area contributed by atoms with Gasteiger partial charge in [0.2, 0.25) is 0 Å². The summed E-state index contributed by atoms with van der Waals surface area (Å²) in [6.45, 7) is 0. The Morgan fingerprint density at radius 3 is 2.67 bits per heavy atom. The van der Waals surface area contributed by atoms with Gasteiger partial charge in [0.25, 0.3) is 0 Å². The van der Waals surface area contributed by atoms with Gasteiger partial charge in [0.1, 0.15) is 0 Å². The summed E-state index contributed by atoms with van der Waals surface area (Å²) in [6.07, 6.45) is 1.27. The van der Waals surface area contributed by atoms with Gasteiger partial charge in [-0.3, -0.25) is 0 Å². The number of hydrogen-bond donors (Lipinski definition) is 1. The van der Waals surface area contributed by atoms with Gasteiger partial charge in [-0.05, 0) is 5.56 Å². The van der Waals surface area contributed by atoms with Crippen LogP contribution in [-0.4, -0.2) is 52.0 Å². The van der Waals surface area contributed by atoms with E-state index < -0.39 is 6.09 Å². The van der Waals surface area contributed by atoms with E-state index in [0.29, 0.717) is 6.42 Å². The normalized spacial score (nSPS) is 18.7. The molecule has 0 spiro atoms. The van der Waals surface area contributed by atoms with Crippen molar-refractivity contribution in [1.82, 2.24) is 5.01 Å². The second-order valence-electron chi connectivity index (χ2n) is 3.09. The molecule has 1 amide bonds. The van der Waals surface area contributed by atoms with Gasteiger partial charge in [0.15, 0.2) is 0 Å². The summed E-state index contributed by atoms with van der Waals surface area (Å²) < 4.78 is 0. The molecule has 1 N–H and O–H groups in total. The Kier molecular flexibility index (Phi) is 4.32. The predicted octanol–water partition coefficient (Wildman–Crippen LogP) is 1.45. The molecule has 0 bridgehead atoms. The molecule has 2 rings (SSSR count). The second-order valence-corrected chi connectivity index (χ2v) is 3.09. The third-order valence-corrected chi connectivity index (χ3v) is 2.21. The molecular weight excluding hydrogens is 203 g/mol. The first-order valence-corrected chi connectivity index (χ1v) is 4.38. The number of benzene rings is 1. The summed E-state index contributed by atoms with van der Waals surface area (Å²) in [7, 11) is 0. The van der Waals surface area contributed by atoms with Gasteiger partial charge in [-0.2, -0.15) is 10.1 Å². The van der Waals surface area contributed by atoms with Crippen molar-refractivity contribution in [2.75, 3.05) is 0 Å². The zero-order chi connectivity index (χ0) is 9.97. The first-order valence-electron chi connectivity index (χ1n) is 4.38. The summed E-state index contributed by atoms with van der Waals surface area (Å²) in [5.41, 5.74) is 0.979. The van der Waals surface area contributed by atoms with E-state index in [1.807, 2.05) is 30.3 Å². The van der Waals surface area contributed by atoms with Crippen LogP contribution < -0.4 is 0 Å². The number of amides is 1. The molecule has 1 aromatic carbocycles. The summed E-state index contributed by atoms with van der Waals surface area (Å²) in [5.74, 6) is 0. The van der Waals surface area contributed by atoms with E-state index >= 15 is 0 Å². The van der Waals surface area contributed by atoms with Crippen molar-refractivity contribution in [2.24, 2.45) is 5.10 Å². The number of hydrazone groups is 1. The second kappa shape index (κ2) is 5.30. The van der Waals surface area contributed by atoms with Crippen LogP contribution >= 0.6 is 0 Å². The SMILES string of the molecule is O=C(O)N1N=CCC1c1ccccc1.[NaH]. The Morgan fingerprint density at radius 2 is 2.07 bits per heavy atom. The molecule has 1 aliphatic heterocycles. The van der Waals surface area contributed by atoms with Gasteiger partial charge in [-0.25, -0.2) is 4.79 Å². The van der Waals surface area contributed by atoms with Crippen LogP contribution in [0.2, 0.25) is 0 Å². The number of nitrogens with zero attached hydrogens (tertiary/aromatic N) is 2. The van der Waals surface area contributed by atoms with Gasteiger partial charge < -0.3 is 5.11 Å². The number of carboxylic acid groups (broad SMARTS) is 1. The molecule has 5 heteroatoms. The van der Waals surface area contributed by atoms with Crippen LogP contribution in [0.1, 0.15) is 18.0 Å². The van der Waals surface area contributed by atoms with Crippen molar-refractivity contribution in [1.29, 1.82) is 0 Å². The van der Waals surface area contributed by atoms with Crippen LogP contribution in [0.3, 0.4) is 0 Å². The molecule has 0 aromatic heterocycles. The molecule has 1 aromatic rings. The minimum absolute atomic E-state index is 0. The van der Waals surface area contributed by atoms with Crippen molar-refractivity contribution in [3.63, 3.8) is 0 Å². The Balaban J connectivity index is 0.00000112. The minimum atomic E-state index is -1.01. The Morgan fingerprint density at radius 1 is 1.40 bits per heavy atom. The molecular formula is C10H11N2NaO2. The fourth-order valence-corrected chi connectivity index (χ4v) is 1.55. The monoisotopic (exact) mass is 214 g/mol. The molecule has 1 unspecified atom stereocenters. The fraction of sp³-hybridized carbons (Fsp3) is 0.200. The third kappa shape index (κ3) is 2.59. The topological polar surface area (TPSA) is 52.9 Å². The van der Waals surface area contributed by atoms with Gasteiger partial charge in [0.05, 0.1) is 6.04 Å². The third-order valence-electron chi connectivity index (χ3n) is 2.21. The maximum atomic E-state index is 10.8. The molecule has 0 aliphatic carbocycles. The maximum absolute atomic E-state index is 10.8. The van der Waals surface area contributed by atoms with Crippen LogP contribution in [0.5, 0.6) is 0 Å². The van der Waals surface area contributed by atoms with Crippen LogP contribution in [0.4, 0.5) is 4.79 Å². The van der Waals surface area contributed by atoms with E-state index in [-0.39, 0.29) is 35.6 Å². The van der Waals surface area contributed by atoms with E-state index in [9.17, 15) is 4.79 Å². The fourth-order valence-electron chi connectivity index (χ4n) is 1.55. The van der Waals surface area contributed by atoms with Gasteiger partial charge >= 0.3 is 35.7 Å². The van der Waals surface area contributed by atoms with Crippen molar-refractivity contribution in [2.45, 2.75) is 12.5 Å². The van der Waals surface area contributed by atoms with Crippen LogP contribution in [0.25, 0.3) is 0 Å². The van der Waals surface area contributed by atoms with Gasteiger partial charge in [-0.1, -0.05) is 30.3 Å². The molecule has 15 heavy (non-hydrogen) atoms. The molecule has 0 saturated heterocycles. The van der Waals surface area contributed by atoms with E-state index in [2.05, 4.69) is 5.10 Å². The van der Waals surface area contributed by atoms with Crippen molar-refractivity contribution in [3.8, 4) is 0 Å². The standard InChI is InChI=1S/C10H10N2O2.Na.H/c13-10(14)12-9(6-7-11-12)8-4-2-1-3-5-8;;/h1-5,7,9H,6H2,(H,13,14);;. The number of rotatable bonds is 1. The Hall–Kier alpha value is -0.840. The molecule has 1 heterocycles. The molecule has 0 fully saturated rings. The summed E-state index contributed by atoms with van der Waals surface area (Å²) >= 11 is 0. The molecule has 1 atom stereocenters. The quantitative estimate of drug-likeness (QED) is 0.719. The summed E-state index contributed by atoms with van der Waals surface area (Å²) in [5, 5.41) is 13.8. The van der Waals surface area contributed by atoms with Crippen molar-refractivity contribution >= 4 is 41.9 Å². The van der Waals surface area contributed by atoms with Crippen molar-refractivity contribution < 1.29 is 9.90 Å². The average Bonchev–Trinajstić information content (AvgIpc) is 2.67. The van der Waals surface area contributed by atoms with Crippen LogP contribution in [0.15, 0.2) is 35.4 Å². The molecule has 0 radical (unpaired) electrons. The van der Waals surface area contributed by atoms with Gasteiger partial charge in [0, 0.05) is 12.6 Å². The predicted molar refractivity (Wildman–Crippen MR) is 59.3 cm³/mol. The van der Waals surface area contributed by atoms with E-state index in [0.717, 1.165) is 10.6 Å². The Bertz CT molecular complexity index is 367. The van der Waals surface area contributed by atoms with E-state index in [1.165, 1.54) is 0 Å². The van der Waals surface area contributed by atoms with E-state index in [1.54, 1.807) is 6.21 Å². The molecule has 4 nitrogen and oxygen atoms in total. The van der Waals surface area contributed by atoms with E-state index in [4.69, 9.17) is 5.11 Å². The van der Waals surface area contributed by atoms with Crippen LogP contribution in [0, 0.1) is 0 Å². The Labute approximate surface area is 110 Å². The summed E-state index contributed by atoms with van der Waals surface area (Å²) in [4.78, 5) is 10.8. The molecule has 1 aliphatic rings. The molecule has 0 saturated carbocycles. The average molecular weight is 214 g/mol. The van der Waals surface area contributed by atoms with Gasteiger partial charge in [-0.15, -0.1) is 0 Å². The zero-order valence-corrected chi connectivity index (χ0v) is 7.50. The number of carbonyl (C=O) groups is 1. The van der Waals surface area contributed by atoms with Crippen LogP contribution in [-0.2, 0) is 0 Å². The summed E-state index contributed by atoms with van der Waals surface area (Å²) in [6, 6.07) is 9.37. The first-order chi connectivity index (χ1) is 6.79. The first kappa shape index (κ1) is 12.2. The molecule has 74 valence electrons. The zero-order valence-electron chi connectivity index (χ0n) is 7.50. The number of hydrogen-bond acceptors (Lipinski definition) is 2.